The molecule has 2 aliphatic heterocycles. The van der Waals surface area contributed by atoms with E-state index >= 15 is 0 Å². The van der Waals surface area contributed by atoms with Crippen LogP contribution in [0.5, 0.6) is 0 Å². The zero-order valence-corrected chi connectivity index (χ0v) is 14.6. The quantitative estimate of drug-likeness (QED) is 0.894. The number of piperidine rings is 1. The molecule has 2 heterocycles. The third-order valence-electron chi connectivity index (χ3n) is 5.87. The van der Waals surface area contributed by atoms with Gasteiger partial charge in [0.25, 0.3) is 0 Å². The van der Waals surface area contributed by atoms with Gasteiger partial charge in [-0.2, -0.15) is 0 Å². The minimum absolute atomic E-state index is 0.0565. The predicted octanol–water partition coefficient (Wildman–Crippen LogP) is 3.00. The summed E-state index contributed by atoms with van der Waals surface area (Å²) < 4.78 is 25.0. The van der Waals surface area contributed by atoms with E-state index in [9.17, 15) is 9.18 Å². The highest BCUT2D eigenvalue weighted by Gasteiger charge is 2.42. The van der Waals surface area contributed by atoms with Crippen LogP contribution in [-0.4, -0.2) is 43.0 Å². The molecule has 1 unspecified atom stereocenters. The van der Waals surface area contributed by atoms with E-state index in [1.54, 1.807) is 6.07 Å². The molecule has 4 rings (SSSR count). The first-order valence-electron chi connectivity index (χ1n) is 9.17. The molecule has 1 aromatic carbocycles. The van der Waals surface area contributed by atoms with Crippen LogP contribution in [0.4, 0.5) is 9.18 Å². The van der Waals surface area contributed by atoms with E-state index in [2.05, 4.69) is 5.32 Å². The number of amides is 2. The van der Waals surface area contributed by atoms with Crippen LogP contribution in [-0.2, 0) is 15.9 Å². The molecule has 0 spiro atoms. The Morgan fingerprint density at radius 1 is 1.24 bits per heavy atom. The van der Waals surface area contributed by atoms with Gasteiger partial charge in [0, 0.05) is 19.0 Å². The molecule has 2 fully saturated rings. The van der Waals surface area contributed by atoms with Gasteiger partial charge in [0.1, 0.15) is 5.82 Å². The molecule has 25 heavy (non-hydrogen) atoms. The van der Waals surface area contributed by atoms with E-state index in [-0.39, 0.29) is 17.9 Å². The fourth-order valence-corrected chi connectivity index (χ4v) is 4.34. The number of carbonyl (C=O) groups excluding carboxylic acids is 1. The maximum absolute atomic E-state index is 13.5. The second-order valence-electron chi connectivity index (χ2n) is 7.36. The van der Waals surface area contributed by atoms with E-state index in [0.717, 1.165) is 36.8 Å². The summed E-state index contributed by atoms with van der Waals surface area (Å²) in [5.41, 5.74) is 2.05. The van der Waals surface area contributed by atoms with Crippen LogP contribution in [0.3, 0.4) is 0 Å². The number of nitrogens with zero attached hydrogens (tertiary/aromatic N) is 1. The SMILES string of the molecule is CC1(C2CCN(C(=O)NC3CCc4ccc(F)cc43)CC2)OCCO1. The van der Waals surface area contributed by atoms with Crippen LogP contribution in [0, 0.1) is 11.7 Å². The number of fused-ring (bicyclic) bond motifs is 1. The number of nitrogens with one attached hydrogen (secondary N) is 1. The van der Waals surface area contributed by atoms with Gasteiger partial charge in [0.2, 0.25) is 0 Å². The van der Waals surface area contributed by atoms with Gasteiger partial charge in [-0.05, 0) is 55.9 Å². The molecule has 2 saturated heterocycles. The monoisotopic (exact) mass is 348 g/mol. The van der Waals surface area contributed by atoms with Crippen molar-refractivity contribution in [3.8, 4) is 0 Å². The number of benzene rings is 1. The van der Waals surface area contributed by atoms with Crippen LogP contribution in [0.1, 0.15) is 43.4 Å². The fourth-order valence-electron chi connectivity index (χ4n) is 4.34. The van der Waals surface area contributed by atoms with E-state index < -0.39 is 5.79 Å². The fraction of sp³-hybridized carbons (Fsp3) is 0.632. The van der Waals surface area contributed by atoms with Crippen molar-refractivity contribution >= 4 is 6.03 Å². The minimum atomic E-state index is -0.496. The summed E-state index contributed by atoms with van der Waals surface area (Å²) in [5, 5.41) is 3.08. The lowest BCUT2D eigenvalue weighted by molar-refractivity contribution is -0.189. The number of likely N-dealkylation sites (tertiary alicyclic amines) is 1. The van der Waals surface area contributed by atoms with Gasteiger partial charge in [0.05, 0.1) is 19.3 Å². The van der Waals surface area contributed by atoms with Crippen molar-refractivity contribution in [2.75, 3.05) is 26.3 Å². The molecule has 6 heteroatoms. The lowest BCUT2D eigenvalue weighted by Crippen LogP contribution is -2.49. The Labute approximate surface area is 147 Å². The number of aryl methyl sites for hydroxylation is 1. The van der Waals surface area contributed by atoms with Crippen molar-refractivity contribution in [1.29, 1.82) is 0 Å². The van der Waals surface area contributed by atoms with Crippen molar-refractivity contribution < 1.29 is 18.7 Å². The van der Waals surface area contributed by atoms with Crippen molar-refractivity contribution in [3.63, 3.8) is 0 Å². The third-order valence-corrected chi connectivity index (χ3v) is 5.87. The van der Waals surface area contributed by atoms with Gasteiger partial charge >= 0.3 is 6.03 Å². The Kier molecular flexibility index (Phi) is 4.41. The molecule has 1 aromatic rings. The van der Waals surface area contributed by atoms with Crippen LogP contribution >= 0.6 is 0 Å². The van der Waals surface area contributed by atoms with Crippen molar-refractivity contribution in [2.24, 2.45) is 5.92 Å². The van der Waals surface area contributed by atoms with Crippen LogP contribution in [0.15, 0.2) is 18.2 Å². The number of ether oxygens (including phenoxy) is 2. The Morgan fingerprint density at radius 3 is 2.68 bits per heavy atom. The Bertz CT molecular complexity index is 652. The molecule has 3 aliphatic rings. The summed E-state index contributed by atoms with van der Waals surface area (Å²) in [5.74, 6) is -0.421. The minimum Gasteiger partial charge on any atom is -0.348 e. The molecule has 0 aromatic heterocycles. The van der Waals surface area contributed by atoms with Gasteiger partial charge in [-0.25, -0.2) is 9.18 Å². The number of urea groups is 1. The van der Waals surface area contributed by atoms with Gasteiger partial charge in [-0.15, -0.1) is 0 Å². The highest BCUT2D eigenvalue weighted by Crippen LogP contribution is 2.35. The molecule has 1 aliphatic carbocycles. The van der Waals surface area contributed by atoms with E-state index in [4.69, 9.17) is 9.47 Å². The first kappa shape index (κ1) is 16.8. The first-order valence-corrected chi connectivity index (χ1v) is 9.17. The summed E-state index contributed by atoms with van der Waals surface area (Å²) in [6.07, 6.45) is 3.47. The highest BCUT2D eigenvalue weighted by atomic mass is 19.1. The second kappa shape index (κ2) is 6.57. The zero-order chi connectivity index (χ0) is 17.4. The lowest BCUT2D eigenvalue weighted by Gasteiger charge is -2.39. The summed E-state index contributed by atoms with van der Waals surface area (Å²) >= 11 is 0. The summed E-state index contributed by atoms with van der Waals surface area (Å²) in [6, 6.07) is 4.72. The van der Waals surface area contributed by atoms with Crippen LogP contribution < -0.4 is 5.32 Å². The number of hydrogen-bond acceptors (Lipinski definition) is 3. The number of rotatable bonds is 2. The number of halogens is 1. The Morgan fingerprint density at radius 2 is 1.96 bits per heavy atom. The topological polar surface area (TPSA) is 50.8 Å². The highest BCUT2D eigenvalue weighted by molar-refractivity contribution is 5.75. The molecular formula is C19H25FN2O3. The maximum Gasteiger partial charge on any atom is 0.317 e. The summed E-state index contributed by atoms with van der Waals surface area (Å²) in [6.45, 7) is 4.69. The lowest BCUT2D eigenvalue weighted by atomic mass is 9.89. The van der Waals surface area contributed by atoms with Gasteiger partial charge in [-0.3, -0.25) is 0 Å². The summed E-state index contributed by atoms with van der Waals surface area (Å²) in [7, 11) is 0. The standard InChI is InChI=1S/C19H25FN2O3/c1-19(24-10-11-25-19)14-6-8-22(9-7-14)18(23)21-17-5-3-13-2-4-15(20)12-16(13)17/h2,4,12,14,17H,3,5-11H2,1H3,(H,21,23). The average Bonchev–Trinajstić information content (AvgIpc) is 3.23. The zero-order valence-electron chi connectivity index (χ0n) is 14.6. The molecule has 0 radical (unpaired) electrons. The Balaban J connectivity index is 1.34. The van der Waals surface area contributed by atoms with Crippen molar-refractivity contribution in [1.82, 2.24) is 10.2 Å². The van der Waals surface area contributed by atoms with Crippen molar-refractivity contribution in [2.45, 2.75) is 44.4 Å². The number of carbonyl (C=O) groups is 1. The molecular weight excluding hydrogens is 323 g/mol. The Hall–Kier alpha value is -1.66. The molecule has 136 valence electrons. The average molecular weight is 348 g/mol. The summed E-state index contributed by atoms with van der Waals surface area (Å²) in [4.78, 5) is 14.5. The molecule has 0 bridgehead atoms. The number of hydrogen-bond donors (Lipinski definition) is 1. The van der Waals surface area contributed by atoms with E-state index in [0.29, 0.717) is 32.2 Å². The van der Waals surface area contributed by atoms with E-state index in [1.165, 1.54) is 6.07 Å². The van der Waals surface area contributed by atoms with E-state index in [1.807, 2.05) is 17.9 Å². The first-order chi connectivity index (χ1) is 12.0. The van der Waals surface area contributed by atoms with Gasteiger partial charge in [0.15, 0.2) is 5.79 Å². The van der Waals surface area contributed by atoms with Gasteiger partial charge in [-0.1, -0.05) is 6.07 Å². The molecule has 5 nitrogen and oxygen atoms in total. The maximum atomic E-state index is 13.5. The largest absolute Gasteiger partial charge is 0.348 e. The molecule has 0 saturated carbocycles. The molecule has 1 atom stereocenters. The third kappa shape index (κ3) is 3.25. The molecule has 1 N–H and O–H groups in total. The normalized spacial score (nSPS) is 25.8. The smallest absolute Gasteiger partial charge is 0.317 e. The van der Waals surface area contributed by atoms with Crippen LogP contribution in [0.2, 0.25) is 0 Å². The van der Waals surface area contributed by atoms with Crippen molar-refractivity contribution in [3.05, 3.63) is 35.1 Å². The predicted molar refractivity (Wildman–Crippen MR) is 90.6 cm³/mol. The van der Waals surface area contributed by atoms with Gasteiger partial charge < -0.3 is 19.7 Å². The second-order valence-corrected chi connectivity index (χ2v) is 7.36. The van der Waals surface area contributed by atoms with Crippen LogP contribution in [0.25, 0.3) is 0 Å². The molecule has 2 amide bonds.